The molecular formula is C20H22N6O2. The molecule has 0 saturated carbocycles. The van der Waals surface area contributed by atoms with Crippen molar-refractivity contribution < 1.29 is 9.59 Å². The number of nitrogens with zero attached hydrogens (tertiary/aromatic N) is 4. The normalized spacial score (nSPS) is 17.1. The van der Waals surface area contributed by atoms with Crippen LogP contribution in [0.15, 0.2) is 42.7 Å². The van der Waals surface area contributed by atoms with E-state index in [1.807, 2.05) is 24.3 Å². The average Bonchev–Trinajstić information content (AvgIpc) is 3.30. The zero-order valence-electron chi connectivity index (χ0n) is 15.6. The molecule has 0 spiro atoms. The van der Waals surface area contributed by atoms with Gasteiger partial charge in [0.1, 0.15) is 0 Å². The second-order valence-corrected chi connectivity index (χ2v) is 7.06. The first kappa shape index (κ1) is 18.1. The Morgan fingerprint density at radius 3 is 3.00 bits per heavy atom. The molecule has 28 heavy (non-hydrogen) atoms. The van der Waals surface area contributed by atoms with Crippen LogP contribution in [-0.2, 0) is 11.3 Å². The number of primary amides is 1. The van der Waals surface area contributed by atoms with Gasteiger partial charge >= 0.3 is 0 Å². The third kappa shape index (κ3) is 3.59. The number of hydrogen-bond donors (Lipinski definition) is 2. The van der Waals surface area contributed by atoms with Gasteiger partial charge in [-0.1, -0.05) is 12.1 Å². The highest BCUT2D eigenvalue weighted by atomic mass is 16.2. The fraction of sp³-hybridized carbons (Fsp3) is 0.300. The largest absolute Gasteiger partial charge is 0.368 e. The molecule has 1 atom stereocenters. The molecule has 3 heterocycles. The maximum atomic E-state index is 12.7. The number of fused-ring (bicyclic) bond motifs is 1. The lowest BCUT2D eigenvalue weighted by molar-refractivity contribution is -0.122. The molecule has 2 amide bonds. The molecule has 1 aromatic carbocycles. The summed E-state index contributed by atoms with van der Waals surface area (Å²) in [6.45, 7) is 3.27. The highest BCUT2D eigenvalue weighted by Crippen LogP contribution is 2.21. The molecule has 2 aromatic heterocycles. The van der Waals surface area contributed by atoms with Gasteiger partial charge in [-0.2, -0.15) is 5.10 Å². The van der Waals surface area contributed by atoms with E-state index >= 15 is 0 Å². The number of nitrogens with one attached hydrogen (secondary N) is 1. The van der Waals surface area contributed by atoms with Gasteiger partial charge in [-0.3, -0.25) is 14.5 Å². The summed E-state index contributed by atoms with van der Waals surface area (Å²) in [6.07, 6.45) is 5.09. The van der Waals surface area contributed by atoms with Crippen LogP contribution in [-0.4, -0.2) is 43.9 Å². The van der Waals surface area contributed by atoms with Gasteiger partial charge in [0.2, 0.25) is 5.91 Å². The number of aromatic nitrogens is 3. The van der Waals surface area contributed by atoms with E-state index in [0.29, 0.717) is 29.1 Å². The molecule has 1 unspecified atom stereocenters. The van der Waals surface area contributed by atoms with Crippen molar-refractivity contribution in [2.75, 3.05) is 11.9 Å². The van der Waals surface area contributed by atoms with Gasteiger partial charge in [0.15, 0.2) is 5.65 Å². The van der Waals surface area contributed by atoms with E-state index in [4.69, 9.17) is 5.73 Å². The number of hydrogen-bond acceptors (Lipinski definition) is 5. The zero-order chi connectivity index (χ0) is 19.7. The number of anilines is 1. The molecule has 8 heteroatoms. The lowest BCUT2D eigenvalue weighted by Gasteiger charge is -2.22. The molecule has 8 nitrogen and oxygen atoms in total. The maximum Gasteiger partial charge on any atom is 0.259 e. The van der Waals surface area contributed by atoms with Gasteiger partial charge in [0, 0.05) is 24.5 Å². The predicted octanol–water partition coefficient (Wildman–Crippen LogP) is 1.74. The van der Waals surface area contributed by atoms with E-state index in [2.05, 4.69) is 20.3 Å². The summed E-state index contributed by atoms with van der Waals surface area (Å²) in [7, 11) is 0. The van der Waals surface area contributed by atoms with Gasteiger partial charge < -0.3 is 11.1 Å². The van der Waals surface area contributed by atoms with Crippen molar-refractivity contribution in [1.29, 1.82) is 0 Å². The lowest BCUT2D eigenvalue weighted by Crippen LogP contribution is -2.39. The van der Waals surface area contributed by atoms with E-state index in [1.165, 1.54) is 0 Å². The third-order valence-electron chi connectivity index (χ3n) is 5.08. The summed E-state index contributed by atoms with van der Waals surface area (Å²) in [6, 6.07) is 9.20. The molecule has 0 bridgehead atoms. The van der Waals surface area contributed by atoms with Crippen molar-refractivity contribution in [3.8, 4) is 0 Å². The molecular weight excluding hydrogens is 356 g/mol. The summed E-state index contributed by atoms with van der Waals surface area (Å²) in [4.78, 5) is 30.8. The number of carbonyl (C=O) groups excluding carboxylic acids is 2. The Hall–Kier alpha value is -3.26. The summed E-state index contributed by atoms with van der Waals surface area (Å²) in [5.74, 6) is -0.519. The molecule has 0 aliphatic carbocycles. The van der Waals surface area contributed by atoms with Gasteiger partial charge in [0.25, 0.3) is 5.91 Å². The highest BCUT2D eigenvalue weighted by molar-refractivity contribution is 6.04. The fourth-order valence-corrected chi connectivity index (χ4v) is 3.68. The number of carbonyl (C=O) groups is 2. The molecule has 1 saturated heterocycles. The SMILES string of the molecule is Cc1nc2ccnn2cc1C(=O)Nc1cccc(CN2CCCC2C(N)=O)c1. The quantitative estimate of drug-likeness (QED) is 0.703. The predicted molar refractivity (Wildman–Crippen MR) is 105 cm³/mol. The Bertz CT molecular complexity index is 1040. The number of nitrogens with two attached hydrogens (primary N) is 1. The Kier molecular flexibility index (Phi) is 4.79. The number of aryl methyl sites for hydroxylation is 1. The average molecular weight is 378 g/mol. The van der Waals surface area contributed by atoms with E-state index in [1.54, 1.807) is 29.9 Å². The molecule has 4 rings (SSSR count). The first-order chi connectivity index (χ1) is 13.5. The first-order valence-electron chi connectivity index (χ1n) is 9.26. The Morgan fingerprint density at radius 1 is 1.32 bits per heavy atom. The van der Waals surface area contributed by atoms with Crippen LogP contribution in [0.4, 0.5) is 5.69 Å². The molecule has 0 radical (unpaired) electrons. The molecule has 144 valence electrons. The van der Waals surface area contributed by atoms with Crippen LogP contribution in [0.5, 0.6) is 0 Å². The van der Waals surface area contributed by atoms with Crippen molar-refractivity contribution in [3.63, 3.8) is 0 Å². The standard InChI is InChI=1S/C20H22N6O2/c1-13-16(12-26-18(23-13)7-8-22-26)20(28)24-15-5-2-4-14(10-15)11-25-9-3-6-17(25)19(21)27/h2,4-5,7-8,10,12,17H,3,6,9,11H2,1H3,(H2,21,27)(H,24,28). The minimum atomic E-state index is -0.279. The fourth-order valence-electron chi connectivity index (χ4n) is 3.68. The smallest absolute Gasteiger partial charge is 0.259 e. The Labute approximate surface area is 162 Å². The number of likely N-dealkylation sites (tertiary alicyclic amines) is 1. The molecule has 1 aliphatic heterocycles. The highest BCUT2D eigenvalue weighted by Gasteiger charge is 2.28. The van der Waals surface area contributed by atoms with Crippen molar-refractivity contribution in [1.82, 2.24) is 19.5 Å². The number of rotatable bonds is 5. The lowest BCUT2D eigenvalue weighted by atomic mass is 10.1. The number of benzene rings is 1. The van der Waals surface area contributed by atoms with Crippen LogP contribution in [0.25, 0.3) is 5.65 Å². The molecule has 3 N–H and O–H groups in total. The van der Waals surface area contributed by atoms with Gasteiger partial charge in [0.05, 0.1) is 23.5 Å². The monoisotopic (exact) mass is 378 g/mol. The minimum Gasteiger partial charge on any atom is -0.368 e. The van der Waals surface area contributed by atoms with E-state index in [0.717, 1.165) is 24.9 Å². The molecule has 1 fully saturated rings. The zero-order valence-corrected chi connectivity index (χ0v) is 15.6. The van der Waals surface area contributed by atoms with E-state index < -0.39 is 0 Å². The van der Waals surface area contributed by atoms with Gasteiger partial charge in [-0.25, -0.2) is 9.50 Å². The van der Waals surface area contributed by atoms with Gasteiger partial charge in [-0.15, -0.1) is 0 Å². The van der Waals surface area contributed by atoms with Gasteiger partial charge in [-0.05, 0) is 44.0 Å². The van der Waals surface area contributed by atoms with E-state index in [-0.39, 0.29) is 17.9 Å². The summed E-state index contributed by atoms with van der Waals surface area (Å²) < 4.78 is 1.58. The second kappa shape index (κ2) is 7.40. The summed E-state index contributed by atoms with van der Waals surface area (Å²) >= 11 is 0. The van der Waals surface area contributed by atoms with E-state index in [9.17, 15) is 9.59 Å². The van der Waals surface area contributed by atoms with Crippen LogP contribution in [0.3, 0.4) is 0 Å². The van der Waals surface area contributed by atoms with Crippen molar-refractivity contribution in [2.24, 2.45) is 5.73 Å². The maximum absolute atomic E-state index is 12.7. The molecule has 3 aromatic rings. The third-order valence-corrected chi connectivity index (χ3v) is 5.08. The minimum absolute atomic E-state index is 0.215. The molecule has 1 aliphatic rings. The second-order valence-electron chi connectivity index (χ2n) is 7.06. The van der Waals surface area contributed by atoms with Crippen LogP contribution in [0.2, 0.25) is 0 Å². The van der Waals surface area contributed by atoms with Crippen molar-refractivity contribution in [3.05, 3.63) is 59.5 Å². The topological polar surface area (TPSA) is 106 Å². The van der Waals surface area contributed by atoms with Crippen LogP contribution < -0.4 is 11.1 Å². The van der Waals surface area contributed by atoms with Crippen molar-refractivity contribution >= 4 is 23.1 Å². The summed E-state index contributed by atoms with van der Waals surface area (Å²) in [5.41, 5.74) is 9.02. The number of amides is 2. The summed E-state index contributed by atoms with van der Waals surface area (Å²) in [5, 5.41) is 7.06. The van der Waals surface area contributed by atoms with Crippen molar-refractivity contribution in [2.45, 2.75) is 32.4 Å². The van der Waals surface area contributed by atoms with Crippen LogP contribution in [0, 0.1) is 6.92 Å². The Balaban J connectivity index is 1.50. The van der Waals surface area contributed by atoms with Crippen LogP contribution in [0.1, 0.15) is 34.5 Å². The van der Waals surface area contributed by atoms with Crippen LogP contribution >= 0.6 is 0 Å². The first-order valence-corrected chi connectivity index (χ1v) is 9.26. The Morgan fingerprint density at radius 2 is 2.18 bits per heavy atom.